The molecule has 2 nitrogen and oxygen atoms in total. The van der Waals surface area contributed by atoms with Gasteiger partial charge in [-0.1, -0.05) is 67.9 Å². The van der Waals surface area contributed by atoms with Gasteiger partial charge in [0.15, 0.2) is 0 Å². The van der Waals surface area contributed by atoms with Gasteiger partial charge in [-0.2, -0.15) is 5.10 Å². The van der Waals surface area contributed by atoms with Crippen molar-refractivity contribution >= 4 is 17.6 Å². The van der Waals surface area contributed by atoms with Gasteiger partial charge in [0, 0.05) is 0 Å². The normalized spacial score (nSPS) is 11.0. The van der Waals surface area contributed by atoms with Gasteiger partial charge in [-0.25, -0.2) is 5.01 Å². The lowest BCUT2D eigenvalue weighted by atomic mass is 10.1. The Balaban J connectivity index is 1.95. The second-order valence-corrected chi connectivity index (χ2v) is 6.51. The first-order valence-electron chi connectivity index (χ1n) is 9.28. The molecule has 3 aromatic carbocycles. The minimum Gasteiger partial charge on any atom is -0.234 e. The minimum absolute atomic E-state index is 1.04. The van der Waals surface area contributed by atoms with Crippen LogP contribution in [0.25, 0.3) is 0 Å². The molecule has 0 heterocycles. The van der Waals surface area contributed by atoms with Crippen molar-refractivity contribution < 1.29 is 0 Å². The van der Waals surface area contributed by atoms with Crippen LogP contribution in [0.1, 0.15) is 36.1 Å². The lowest BCUT2D eigenvalue weighted by Crippen LogP contribution is -2.09. The van der Waals surface area contributed by atoms with Gasteiger partial charge in [0.05, 0.1) is 17.6 Å². The Morgan fingerprint density at radius 1 is 0.692 bits per heavy atom. The lowest BCUT2D eigenvalue weighted by Gasteiger charge is -2.20. The maximum Gasteiger partial charge on any atom is 0.0652 e. The Morgan fingerprint density at radius 2 is 1.15 bits per heavy atom. The Morgan fingerprint density at radius 3 is 1.58 bits per heavy atom. The molecule has 3 aromatic rings. The molecule has 0 bridgehead atoms. The number of benzene rings is 3. The van der Waals surface area contributed by atoms with Gasteiger partial charge in [0.25, 0.3) is 0 Å². The fourth-order valence-electron chi connectivity index (χ4n) is 2.81. The third kappa shape index (κ3) is 4.40. The molecule has 0 radical (unpaired) electrons. The minimum atomic E-state index is 1.04. The molecule has 0 atom stereocenters. The molecular weight excluding hydrogens is 316 g/mol. The molecule has 132 valence electrons. The average molecular weight is 342 g/mol. The first-order valence-corrected chi connectivity index (χ1v) is 9.28. The van der Waals surface area contributed by atoms with Crippen LogP contribution in [0.15, 0.2) is 77.9 Å². The van der Waals surface area contributed by atoms with Crippen LogP contribution in [0.4, 0.5) is 11.4 Å². The van der Waals surface area contributed by atoms with E-state index >= 15 is 0 Å². The van der Waals surface area contributed by atoms with Crippen LogP contribution < -0.4 is 5.01 Å². The Bertz CT molecular complexity index is 797. The molecule has 2 heteroatoms. The van der Waals surface area contributed by atoms with Crippen molar-refractivity contribution in [1.82, 2.24) is 0 Å². The van der Waals surface area contributed by atoms with Crippen molar-refractivity contribution in [3.8, 4) is 0 Å². The summed E-state index contributed by atoms with van der Waals surface area (Å²) in [5, 5.41) is 6.78. The van der Waals surface area contributed by atoms with Gasteiger partial charge in [-0.15, -0.1) is 0 Å². The quantitative estimate of drug-likeness (QED) is 0.379. The van der Waals surface area contributed by atoms with Crippen LogP contribution >= 0.6 is 0 Å². The van der Waals surface area contributed by atoms with Gasteiger partial charge < -0.3 is 0 Å². The van der Waals surface area contributed by atoms with Gasteiger partial charge in [-0.3, -0.25) is 0 Å². The van der Waals surface area contributed by atoms with Gasteiger partial charge in [0.2, 0.25) is 0 Å². The Labute approximate surface area is 156 Å². The highest BCUT2D eigenvalue weighted by Crippen LogP contribution is 2.27. The monoisotopic (exact) mass is 342 g/mol. The number of rotatable bonds is 6. The van der Waals surface area contributed by atoms with E-state index in [2.05, 4.69) is 93.6 Å². The number of anilines is 2. The lowest BCUT2D eigenvalue weighted by molar-refractivity contribution is 1.07. The maximum absolute atomic E-state index is 4.78. The van der Waals surface area contributed by atoms with E-state index in [0.29, 0.717) is 0 Å². The van der Waals surface area contributed by atoms with E-state index in [1.165, 1.54) is 16.7 Å². The molecule has 0 saturated heterocycles. The molecule has 0 spiro atoms. The van der Waals surface area contributed by atoms with Gasteiger partial charge in [-0.05, 0) is 60.7 Å². The van der Waals surface area contributed by atoms with Crippen molar-refractivity contribution in [3.63, 3.8) is 0 Å². The Kier molecular flexibility index (Phi) is 5.85. The van der Waals surface area contributed by atoms with Crippen molar-refractivity contribution in [3.05, 3.63) is 95.1 Å². The standard InChI is InChI=1S/C24H26N2/c1-4-20-10-14-23(15-11-20)26(24-16-12-21(5-2)13-17-24)25-18-22-8-6-19(3)7-9-22/h6-18H,4-5H2,1-3H3/b25-18+. The van der Waals surface area contributed by atoms with E-state index in [9.17, 15) is 0 Å². The fraction of sp³-hybridized carbons (Fsp3) is 0.208. The van der Waals surface area contributed by atoms with Crippen LogP contribution in [0.5, 0.6) is 0 Å². The second kappa shape index (κ2) is 8.48. The molecule has 3 rings (SSSR count). The molecule has 0 amide bonds. The zero-order chi connectivity index (χ0) is 18.4. The molecule has 0 aliphatic rings. The maximum atomic E-state index is 4.78. The third-order valence-corrected chi connectivity index (χ3v) is 4.58. The van der Waals surface area contributed by atoms with E-state index in [-0.39, 0.29) is 0 Å². The van der Waals surface area contributed by atoms with Crippen molar-refractivity contribution in [2.75, 3.05) is 5.01 Å². The first kappa shape index (κ1) is 17.9. The molecule has 0 unspecified atom stereocenters. The fourth-order valence-corrected chi connectivity index (χ4v) is 2.81. The molecule has 0 aromatic heterocycles. The van der Waals surface area contributed by atoms with Crippen LogP contribution in [-0.2, 0) is 12.8 Å². The van der Waals surface area contributed by atoms with E-state index in [4.69, 9.17) is 5.10 Å². The van der Waals surface area contributed by atoms with Crippen molar-refractivity contribution in [2.24, 2.45) is 5.10 Å². The highest BCUT2D eigenvalue weighted by Gasteiger charge is 2.08. The number of hydrogen-bond acceptors (Lipinski definition) is 2. The molecule has 0 fully saturated rings. The summed E-state index contributed by atoms with van der Waals surface area (Å²) < 4.78 is 0. The highest BCUT2D eigenvalue weighted by atomic mass is 15.5. The molecule has 0 aliphatic carbocycles. The molecular formula is C24H26N2. The van der Waals surface area contributed by atoms with Crippen LogP contribution in [0.2, 0.25) is 0 Å². The Hall–Kier alpha value is -2.87. The SMILES string of the molecule is CCc1ccc(N(/N=C/c2ccc(C)cc2)c2ccc(CC)cc2)cc1. The first-order chi connectivity index (χ1) is 12.7. The van der Waals surface area contributed by atoms with E-state index in [0.717, 1.165) is 29.8 Å². The summed E-state index contributed by atoms with van der Waals surface area (Å²) in [4.78, 5) is 0. The van der Waals surface area contributed by atoms with Gasteiger partial charge in [0.1, 0.15) is 0 Å². The molecule has 0 N–H and O–H groups in total. The van der Waals surface area contributed by atoms with E-state index in [1.54, 1.807) is 0 Å². The number of hydrazone groups is 1. The predicted octanol–water partition coefficient (Wildman–Crippen LogP) is 6.29. The number of hydrogen-bond donors (Lipinski definition) is 0. The largest absolute Gasteiger partial charge is 0.234 e. The smallest absolute Gasteiger partial charge is 0.0652 e. The zero-order valence-corrected chi connectivity index (χ0v) is 15.8. The van der Waals surface area contributed by atoms with Crippen LogP contribution in [0.3, 0.4) is 0 Å². The summed E-state index contributed by atoms with van der Waals surface area (Å²) in [5.74, 6) is 0. The second-order valence-electron chi connectivity index (χ2n) is 6.51. The third-order valence-electron chi connectivity index (χ3n) is 4.58. The van der Waals surface area contributed by atoms with Crippen molar-refractivity contribution in [2.45, 2.75) is 33.6 Å². The summed E-state index contributed by atoms with van der Waals surface area (Å²) in [5.41, 5.74) is 7.14. The van der Waals surface area contributed by atoms with E-state index < -0.39 is 0 Å². The predicted molar refractivity (Wildman–Crippen MR) is 113 cm³/mol. The summed E-state index contributed by atoms with van der Waals surface area (Å²) in [7, 11) is 0. The average Bonchev–Trinajstić information content (AvgIpc) is 2.70. The topological polar surface area (TPSA) is 15.6 Å². The number of nitrogens with zero attached hydrogens (tertiary/aromatic N) is 2. The van der Waals surface area contributed by atoms with Crippen LogP contribution in [0, 0.1) is 6.92 Å². The highest BCUT2D eigenvalue weighted by molar-refractivity contribution is 5.81. The molecule has 0 aliphatic heterocycles. The van der Waals surface area contributed by atoms with Crippen LogP contribution in [-0.4, -0.2) is 6.21 Å². The summed E-state index contributed by atoms with van der Waals surface area (Å²) >= 11 is 0. The summed E-state index contributed by atoms with van der Waals surface area (Å²) in [6.45, 7) is 6.44. The summed E-state index contributed by atoms with van der Waals surface area (Å²) in [6, 6.07) is 25.6. The summed E-state index contributed by atoms with van der Waals surface area (Å²) in [6.07, 6.45) is 4.00. The molecule has 26 heavy (non-hydrogen) atoms. The van der Waals surface area contributed by atoms with Crippen molar-refractivity contribution in [1.29, 1.82) is 0 Å². The number of aryl methyl sites for hydroxylation is 3. The van der Waals surface area contributed by atoms with E-state index in [1.807, 2.05) is 11.2 Å². The van der Waals surface area contributed by atoms with Gasteiger partial charge >= 0.3 is 0 Å². The molecule has 0 saturated carbocycles. The zero-order valence-electron chi connectivity index (χ0n) is 15.8.